The number of likely N-dealkylation sites (tertiary alicyclic amines) is 1. The SMILES string of the molecule is CNCC1CCCN(Cc2cc(Cl)c3c(c2)OCCCO3)C1. The van der Waals surface area contributed by atoms with E-state index in [9.17, 15) is 0 Å². The summed E-state index contributed by atoms with van der Waals surface area (Å²) in [7, 11) is 2.03. The summed E-state index contributed by atoms with van der Waals surface area (Å²) in [4.78, 5) is 2.52. The molecule has 1 saturated heterocycles. The number of ether oxygens (including phenoxy) is 2. The number of halogens is 1. The summed E-state index contributed by atoms with van der Waals surface area (Å²) < 4.78 is 11.5. The fraction of sp³-hybridized carbons (Fsp3) is 0.647. The van der Waals surface area contributed by atoms with Crippen molar-refractivity contribution >= 4 is 11.6 Å². The highest BCUT2D eigenvalue weighted by Gasteiger charge is 2.21. The van der Waals surface area contributed by atoms with Gasteiger partial charge in [-0.25, -0.2) is 0 Å². The van der Waals surface area contributed by atoms with E-state index in [0.717, 1.165) is 44.3 Å². The average Bonchev–Trinajstić information content (AvgIpc) is 2.74. The number of nitrogens with zero attached hydrogens (tertiary/aromatic N) is 1. The van der Waals surface area contributed by atoms with Crippen LogP contribution in [0.25, 0.3) is 0 Å². The third-order valence-corrected chi connectivity index (χ3v) is 4.64. The molecule has 1 fully saturated rings. The van der Waals surface area contributed by atoms with Gasteiger partial charge in [-0.1, -0.05) is 11.6 Å². The minimum atomic E-state index is 0.665. The number of nitrogens with one attached hydrogen (secondary N) is 1. The molecule has 0 bridgehead atoms. The molecule has 0 spiro atoms. The second kappa shape index (κ2) is 7.53. The maximum absolute atomic E-state index is 6.38. The van der Waals surface area contributed by atoms with Gasteiger partial charge < -0.3 is 14.8 Å². The monoisotopic (exact) mass is 324 g/mol. The van der Waals surface area contributed by atoms with Crippen molar-refractivity contribution in [3.63, 3.8) is 0 Å². The third-order valence-electron chi connectivity index (χ3n) is 4.36. The van der Waals surface area contributed by atoms with E-state index in [1.165, 1.54) is 18.4 Å². The van der Waals surface area contributed by atoms with Gasteiger partial charge in [0.15, 0.2) is 11.5 Å². The Hall–Kier alpha value is -0.970. The van der Waals surface area contributed by atoms with Crippen LogP contribution in [0, 0.1) is 5.92 Å². The van der Waals surface area contributed by atoms with Crippen LogP contribution in [0.2, 0.25) is 5.02 Å². The van der Waals surface area contributed by atoms with Crippen molar-refractivity contribution in [1.82, 2.24) is 10.2 Å². The zero-order valence-corrected chi connectivity index (χ0v) is 14.0. The molecule has 2 aliphatic rings. The number of hydrogen-bond acceptors (Lipinski definition) is 4. The van der Waals surface area contributed by atoms with E-state index in [1.807, 2.05) is 13.1 Å². The molecule has 0 amide bonds. The summed E-state index contributed by atoms with van der Waals surface area (Å²) in [6.07, 6.45) is 3.49. The van der Waals surface area contributed by atoms with E-state index >= 15 is 0 Å². The largest absolute Gasteiger partial charge is 0.489 e. The number of fused-ring (bicyclic) bond motifs is 1. The van der Waals surface area contributed by atoms with Gasteiger partial charge in [0.1, 0.15) is 0 Å². The number of benzene rings is 1. The Morgan fingerprint density at radius 3 is 3.00 bits per heavy atom. The van der Waals surface area contributed by atoms with Gasteiger partial charge in [0.2, 0.25) is 0 Å². The summed E-state index contributed by atoms with van der Waals surface area (Å²) >= 11 is 6.38. The van der Waals surface area contributed by atoms with Crippen LogP contribution in [0.3, 0.4) is 0 Å². The van der Waals surface area contributed by atoms with Crippen molar-refractivity contribution in [2.75, 3.05) is 39.9 Å². The molecule has 3 rings (SSSR count). The van der Waals surface area contributed by atoms with Crippen LogP contribution in [0.5, 0.6) is 11.5 Å². The predicted octanol–water partition coefficient (Wildman–Crippen LogP) is 2.93. The molecule has 0 aliphatic carbocycles. The summed E-state index contributed by atoms with van der Waals surface area (Å²) in [5.74, 6) is 2.24. The molecule has 22 heavy (non-hydrogen) atoms. The Balaban J connectivity index is 1.70. The standard InChI is InChI=1S/C17H25ClN2O2/c1-19-10-13-4-2-5-20(11-13)12-14-8-15(18)17-16(9-14)21-6-3-7-22-17/h8-9,13,19H,2-7,10-12H2,1H3. The summed E-state index contributed by atoms with van der Waals surface area (Å²) in [5.41, 5.74) is 1.21. The highest BCUT2D eigenvalue weighted by atomic mass is 35.5. The molecule has 0 aromatic heterocycles. The minimum Gasteiger partial charge on any atom is -0.489 e. The van der Waals surface area contributed by atoms with Crippen LogP contribution in [0.15, 0.2) is 12.1 Å². The zero-order chi connectivity index (χ0) is 15.4. The molecule has 2 heterocycles. The molecule has 5 heteroatoms. The van der Waals surface area contributed by atoms with Crippen LogP contribution in [0.4, 0.5) is 0 Å². The molecule has 1 unspecified atom stereocenters. The fourth-order valence-electron chi connectivity index (χ4n) is 3.38. The van der Waals surface area contributed by atoms with Crippen molar-refractivity contribution in [2.24, 2.45) is 5.92 Å². The molecule has 1 aromatic rings. The van der Waals surface area contributed by atoms with Crippen LogP contribution >= 0.6 is 11.6 Å². The van der Waals surface area contributed by atoms with E-state index in [-0.39, 0.29) is 0 Å². The number of rotatable bonds is 4. The Bertz CT molecular complexity index is 508. The van der Waals surface area contributed by atoms with Gasteiger partial charge in [-0.05, 0) is 56.6 Å². The Kier molecular flexibility index (Phi) is 5.45. The maximum atomic E-state index is 6.38. The Labute approximate surface area is 137 Å². The summed E-state index contributed by atoms with van der Waals surface area (Å²) in [5, 5.41) is 3.96. The lowest BCUT2D eigenvalue weighted by molar-refractivity contribution is 0.166. The van der Waals surface area contributed by atoms with Gasteiger partial charge in [0.05, 0.1) is 18.2 Å². The Morgan fingerprint density at radius 1 is 1.27 bits per heavy atom. The van der Waals surface area contributed by atoms with Crippen molar-refractivity contribution in [3.05, 3.63) is 22.7 Å². The van der Waals surface area contributed by atoms with Gasteiger partial charge in [0, 0.05) is 19.5 Å². The molecule has 4 nitrogen and oxygen atoms in total. The number of hydrogen-bond donors (Lipinski definition) is 1. The lowest BCUT2D eigenvalue weighted by atomic mass is 9.97. The molecule has 1 atom stereocenters. The topological polar surface area (TPSA) is 33.7 Å². The quantitative estimate of drug-likeness (QED) is 0.923. The first-order chi connectivity index (χ1) is 10.8. The van der Waals surface area contributed by atoms with Gasteiger partial charge in [-0.3, -0.25) is 4.90 Å². The summed E-state index contributed by atoms with van der Waals surface area (Å²) in [6, 6.07) is 4.12. The second-order valence-corrected chi connectivity index (χ2v) is 6.66. The molecule has 122 valence electrons. The van der Waals surface area contributed by atoms with E-state index in [0.29, 0.717) is 24.0 Å². The van der Waals surface area contributed by atoms with Crippen molar-refractivity contribution in [3.8, 4) is 11.5 Å². The first-order valence-electron chi connectivity index (χ1n) is 8.21. The lowest BCUT2D eigenvalue weighted by Crippen LogP contribution is -2.38. The molecular formula is C17H25ClN2O2. The molecule has 2 aliphatic heterocycles. The first kappa shape index (κ1) is 15.9. The van der Waals surface area contributed by atoms with E-state index in [2.05, 4.69) is 16.3 Å². The van der Waals surface area contributed by atoms with Crippen LogP contribution in [-0.4, -0.2) is 44.8 Å². The van der Waals surface area contributed by atoms with Gasteiger partial charge in [-0.15, -0.1) is 0 Å². The van der Waals surface area contributed by atoms with Crippen molar-refractivity contribution < 1.29 is 9.47 Å². The van der Waals surface area contributed by atoms with Gasteiger partial charge >= 0.3 is 0 Å². The normalized spacial score (nSPS) is 22.4. The van der Waals surface area contributed by atoms with Crippen molar-refractivity contribution in [1.29, 1.82) is 0 Å². The zero-order valence-electron chi connectivity index (χ0n) is 13.2. The molecule has 0 radical (unpaired) electrons. The minimum absolute atomic E-state index is 0.665. The highest BCUT2D eigenvalue weighted by molar-refractivity contribution is 6.32. The average molecular weight is 325 g/mol. The number of piperidine rings is 1. The molecule has 0 saturated carbocycles. The van der Waals surface area contributed by atoms with E-state index in [4.69, 9.17) is 21.1 Å². The molecule has 1 N–H and O–H groups in total. The lowest BCUT2D eigenvalue weighted by Gasteiger charge is -2.32. The van der Waals surface area contributed by atoms with Gasteiger partial charge in [-0.2, -0.15) is 0 Å². The second-order valence-electron chi connectivity index (χ2n) is 6.26. The smallest absolute Gasteiger partial charge is 0.179 e. The van der Waals surface area contributed by atoms with E-state index in [1.54, 1.807) is 0 Å². The predicted molar refractivity (Wildman–Crippen MR) is 89.0 cm³/mol. The van der Waals surface area contributed by atoms with Crippen LogP contribution in [-0.2, 0) is 6.54 Å². The highest BCUT2D eigenvalue weighted by Crippen LogP contribution is 2.38. The van der Waals surface area contributed by atoms with Crippen LogP contribution in [0.1, 0.15) is 24.8 Å². The third kappa shape index (κ3) is 3.86. The first-order valence-corrected chi connectivity index (χ1v) is 8.59. The van der Waals surface area contributed by atoms with Crippen molar-refractivity contribution in [2.45, 2.75) is 25.8 Å². The fourth-order valence-corrected chi connectivity index (χ4v) is 3.67. The summed E-state index contributed by atoms with van der Waals surface area (Å²) in [6.45, 7) is 5.69. The Morgan fingerprint density at radius 2 is 2.14 bits per heavy atom. The van der Waals surface area contributed by atoms with E-state index < -0.39 is 0 Å². The molecular weight excluding hydrogens is 300 g/mol. The van der Waals surface area contributed by atoms with Crippen LogP contribution < -0.4 is 14.8 Å². The van der Waals surface area contributed by atoms with Gasteiger partial charge in [0.25, 0.3) is 0 Å². The maximum Gasteiger partial charge on any atom is 0.179 e. The molecule has 1 aromatic carbocycles.